The molecule has 0 heterocycles. The fourth-order valence-corrected chi connectivity index (χ4v) is 2.36. The molecule has 0 bridgehead atoms. The van der Waals surface area contributed by atoms with Crippen molar-refractivity contribution in [3.05, 3.63) is 60.2 Å². The highest BCUT2D eigenvalue weighted by atomic mass is 16.5. The summed E-state index contributed by atoms with van der Waals surface area (Å²) >= 11 is 0. The smallest absolute Gasteiger partial charge is 0.127 e. The minimum Gasteiger partial charge on any atom is -0.457 e. The molecule has 0 fully saturated rings. The molecule has 1 nitrogen and oxygen atoms in total. The van der Waals surface area contributed by atoms with Crippen molar-refractivity contribution in [2.75, 3.05) is 0 Å². The van der Waals surface area contributed by atoms with Crippen LogP contribution >= 0.6 is 0 Å². The molecule has 0 aliphatic heterocycles. The van der Waals surface area contributed by atoms with Gasteiger partial charge in [0.15, 0.2) is 0 Å². The standard InChI is InChI=1S/C18H22O/c1-3-8-15(2)13-16-9-7-12-18(14-16)19-17-10-5-4-6-11-17/h4-7,9-12,14-15H,3,8,13H2,1-2H3. The highest BCUT2D eigenvalue weighted by Gasteiger charge is 2.04. The number of hydrogen-bond donors (Lipinski definition) is 0. The van der Waals surface area contributed by atoms with Crippen LogP contribution in [0.4, 0.5) is 0 Å². The molecule has 1 unspecified atom stereocenters. The maximum absolute atomic E-state index is 5.86. The van der Waals surface area contributed by atoms with Gasteiger partial charge in [0.2, 0.25) is 0 Å². The highest BCUT2D eigenvalue weighted by molar-refractivity contribution is 5.33. The summed E-state index contributed by atoms with van der Waals surface area (Å²) < 4.78 is 5.86. The molecule has 2 rings (SSSR count). The quantitative estimate of drug-likeness (QED) is 0.665. The Labute approximate surface area is 116 Å². The van der Waals surface area contributed by atoms with Crippen molar-refractivity contribution < 1.29 is 4.74 Å². The third-order valence-corrected chi connectivity index (χ3v) is 3.24. The van der Waals surface area contributed by atoms with E-state index in [0.717, 1.165) is 23.8 Å². The van der Waals surface area contributed by atoms with Crippen molar-refractivity contribution in [1.29, 1.82) is 0 Å². The number of rotatable bonds is 6. The van der Waals surface area contributed by atoms with Gasteiger partial charge < -0.3 is 4.74 Å². The van der Waals surface area contributed by atoms with Crippen LogP contribution in [0.1, 0.15) is 32.3 Å². The average molecular weight is 254 g/mol. The molecule has 0 radical (unpaired) electrons. The minimum atomic E-state index is 0.733. The van der Waals surface area contributed by atoms with Gasteiger partial charge in [-0.1, -0.05) is 57.0 Å². The van der Waals surface area contributed by atoms with Crippen molar-refractivity contribution in [1.82, 2.24) is 0 Å². The molecule has 0 spiro atoms. The SMILES string of the molecule is CCCC(C)Cc1cccc(Oc2ccccc2)c1. The largest absolute Gasteiger partial charge is 0.457 e. The molecule has 2 aromatic rings. The zero-order chi connectivity index (χ0) is 13.5. The van der Waals surface area contributed by atoms with Crippen LogP contribution in [0, 0.1) is 5.92 Å². The Balaban J connectivity index is 2.03. The van der Waals surface area contributed by atoms with E-state index in [0.29, 0.717) is 0 Å². The van der Waals surface area contributed by atoms with Gasteiger partial charge in [0.25, 0.3) is 0 Å². The molecular formula is C18H22O. The molecule has 2 aromatic carbocycles. The van der Waals surface area contributed by atoms with Crippen molar-refractivity contribution in [2.24, 2.45) is 5.92 Å². The van der Waals surface area contributed by atoms with E-state index < -0.39 is 0 Å². The second-order valence-electron chi connectivity index (χ2n) is 5.16. The first-order valence-electron chi connectivity index (χ1n) is 7.09. The zero-order valence-electron chi connectivity index (χ0n) is 11.8. The Bertz CT molecular complexity index is 490. The molecule has 1 atom stereocenters. The Morgan fingerprint density at radius 2 is 1.68 bits per heavy atom. The summed E-state index contributed by atoms with van der Waals surface area (Å²) in [5.41, 5.74) is 1.36. The molecule has 0 N–H and O–H groups in total. The molecule has 0 saturated heterocycles. The van der Waals surface area contributed by atoms with E-state index >= 15 is 0 Å². The Kier molecular flexibility index (Phi) is 5.02. The number of hydrogen-bond acceptors (Lipinski definition) is 1. The number of ether oxygens (including phenoxy) is 1. The lowest BCUT2D eigenvalue weighted by Gasteiger charge is -2.11. The van der Waals surface area contributed by atoms with E-state index in [4.69, 9.17) is 4.74 Å². The van der Waals surface area contributed by atoms with E-state index in [2.05, 4.69) is 32.0 Å². The van der Waals surface area contributed by atoms with Crippen LogP contribution in [0.5, 0.6) is 11.5 Å². The predicted molar refractivity (Wildman–Crippen MR) is 80.7 cm³/mol. The van der Waals surface area contributed by atoms with E-state index in [-0.39, 0.29) is 0 Å². The molecule has 0 aliphatic carbocycles. The topological polar surface area (TPSA) is 9.23 Å². The van der Waals surface area contributed by atoms with Crippen molar-refractivity contribution in [3.63, 3.8) is 0 Å². The maximum Gasteiger partial charge on any atom is 0.127 e. The van der Waals surface area contributed by atoms with E-state index in [1.165, 1.54) is 18.4 Å². The zero-order valence-corrected chi connectivity index (χ0v) is 11.8. The van der Waals surface area contributed by atoms with Crippen LogP contribution in [0.3, 0.4) is 0 Å². The molecule has 1 heteroatoms. The summed E-state index contributed by atoms with van der Waals surface area (Å²) in [6, 6.07) is 18.4. The van der Waals surface area contributed by atoms with Gasteiger partial charge in [-0.25, -0.2) is 0 Å². The highest BCUT2D eigenvalue weighted by Crippen LogP contribution is 2.23. The second-order valence-corrected chi connectivity index (χ2v) is 5.16. The van der Waals surface area contributed by atoms with Gasteiger partial charge in [-0.3, -0.25) is 0 Å². The van der Waals surface area contributed by atoms with Crippen molar-refractivity contribution in [3.8, 4) is 11.5 Å². The molecular weight excluding hydrogens is 232 g/mol. The third kappa shape index (κ3) is 4.44. The van der Waals surface area contributed by atoms with Gasteiger partial charge in [0.1, 0.15) is 11.5 Å². The van der Waals surface area contributed by atoms with Crippen LogP contribution < -0.4 is 4.74 Å². The summed E-state index contributed by atoms with van der Waals surface area (Å²) in [5, 5.41) is 0. The van der Waals surface area contributed by atoms with E-state index in [1.807, 2.05) is 36.4 Å². The molecule has 0 aliphatic rings. The van der Waals surface area contributed by atoms with E-state index in [9.17, 15) is 0 Å². The van der Waals surface area contributed by atoms with Gasteiger partial charge in [-0.05, 0) is 42.2 Å². The molecule has 0 saturated carbocycles. The maximum atomic E-state index is 5.86. The normalized spacial score (nSPS) is 12.1. The summed E-state index contributed by atoms with van der Waals surface area (Å²) in [4.78, 5) is 0. The molecule has 19 heavy (non-hydrogen) atoms. The summed E-state index contributed by atoms with van der Waals surface area (Å²) in [7, 11) is 0. The Hall–Kier alpha value is -1.76. The first-order chi connectivity index (χ1) is 9.28. The van der Waals surface area contributed by atoms with Gasteiger partial charge >= 0.3 is 0 Å². The van der Waals surface area contributed by atoms with Crippen LogP contribution in [0.2, 0.25) is 0 Å². The number of para-hydroxylation sites is 1. The van der Waals surface area contributed by atoms with Crippen molar-refractivity contribution >= 4 is 0 Å². The van der Waals surface area contributed by atoms with Gasteiger partial charge in [-0.2, -0.15) is 0 Å². The molecule has 0 aromatic heterocycles. The van der Waals surface area contributed by atoms with Crippen LogP contribution in [-0.2, 0) is 6.42 Å². The second kappa shape index (κ2) is 6.98. The summed E-state index contributed by atoms with van der Waals surface area (Å²) in [5.74, 6) is 2.55. The lowest BCUT2D eigenvalue weighted by Crippen LogP contribution is -1.99. The fraction of sp³-hybridized carbons (Fsp3) is 0.333. The first-order valence-corrected chi connectivity index (χ1v) is 7.09. The monoisotopic (exact) mass is 254 g/mol. The van der Waals surface area contributed by atoms with Crippen LogP contribution in [0.15, 0.2) is 54.6 Å². The van der Waals surface area contributed by atoms with E-state index in [1.54, 1.807) is 0 Å². The molecule has 100 valence electrons. The Morgan fingerprint density at radius 3 is 2.42 bits per heavy atom. The van der Waals surface area contributed by atoms with Gasteiger partial charge in [0.05, 0.1) is 0 Å². The summed E-state index contributed by atoms with van der Waals surface area (Å²) in [6.07, 6.45) is 3.66. The van der Waals surface area contributed by atoms with Gasteiger partial charge in [0, 0.05) is 0 Å². The van der Waals surface area contributed by atoms with Crippen LogP contribution in [0.25, 0.3) is 0 Å². The van der Waals surface area contributed by atoms with Gasteiger partial charge in [-0.15, -0.1) is 0 Å². The average Bonchev–Trinajstić information content (AvgIpc) is 2.40. The predicted octanol–water partition coefficient (Wildman–Crippen LogP) is 5.46. The molecule has 0 amide bonds. The Morgan fingerprint density at radius 1 is 0.947 bits per heavy atom. The minimum absolute atomic E-state index is 0.733. The first kappa shape index (κ1) is 13.7. The third-order valence-electron chi connectivity index (χ3n) is 3.24. The number of benzene rings is 2. The lowest BCUT2D eigenvalue weighted by atomic mass is 9.97. The van der Waals surface area contributed by atoms with Crippen LogP contribution in [-0.4, -0.2) is 0 Å². The lowest BCUT2D eigenvalue weighted by molar-refractivity contribution is 0.479. The summed E-state index contributed by atoms with van der Waals surface area (Å²) in [6.45, 7) is 4.56. The van der Waals surface area contributed by atoms with Crippen molar-refractivity contribution in [2.45, 2.75) is 33.1 Å². The fourth-order valence-electron chi connectivity index (χ4n) is 2.36.